The van der Waals surface area contributed by atoms with E-state index in [0.717, 1.165) is 6.08 Å². The lowest BCUT2D eigenvalue weighted by Gasteiger charge is -2.35. The molecule has 0 spiro atoms. The maximum atomic E-state index is 11.5. The third-order valence-electron chi connectivity index (χ3n) is 3.12. The Bertz CT molecular complexity index is 605. The van der Waals surface area contributed by atoms with Gasteiger partial charge in [-0.05, 0) is 13.0 Å². The third kappa shape index (κ3) is 6.96. The maximum Gasteiger partial charge on any atom is 0.330 e. The number of carbonyl (C=O) groups excluding carboxylic acids is 4. The van der Waals surface area contributed by atoms with Crippen molar-refractivity contribution in [3.8, 4) is 0 Å². The molecule has 144 valence electrons. The lowest BCUT2D eigenvalue weighted by atomic mass is 9.98. The molecule has 0 aromatic rings. The van der Waals surface area contributed by atoms with E-state index in [9.17, 15) is 19.2 Å². The zero-order valence-electron chi connectivity index (χ0n) is 15.1. The van der Waals surface area contributed by atoms with Crippen LogP contribution in [0.1, 0.15) is 27.7 Å². The molecule has 9 nitrogen and oxygen atoms in total. The van der Waals surface area contributed by atoms with Crippen LogP contribution in [0.3, 0.4) is 0 Å². The maximum absolute atomic E-state index is 11.5. The second kappa shape index (κ2) is 10.2. The van der Waals surface area contributed by atoms with Crippen LogP contribution in [-0.4, -0.2) is 55.4 Å². The van der Waals surface area contributed by atoms with Crippen molar-refractivity contribution in [1.82, 2.24) is 0 Å². The van der Waals surface area contributed by atoms with Crippen molar-refractivity contribution in [2.45, 2.75) is 46.0 Å². The van der Waals surface area contributed by atoms with Crippen LogP contribution in [0.2, 0.25) is 0 Å². The van der Waals surface area contributed by atoms with E-state index in [1.165, 1.54) is 33.1 Å². The summed E-state index contributed by atoms with van der Waals surface area (Å²) in [7, 11) is 0. The number of rotatable bonds is 7. The molecule has 0 N–H and O–H groups in total. The molecule has 0 aromatic carbocycles. The lowest BCUT2D eigenvalue weighted by molar-refractivity contribution is -0.180. The van der Waals surface area contributed by atoms with Gasteiger partial charge in [-0.2, -0.15) is 0 Å². The molecule has 3 atom stereocenters. The summed E-state index contributed by atoms with van der Waals surface area (Å²) in [6.45, 7) is 5.24. The number of ether oxygens (including phenoxy) is 5. The topological polar surface area (TPSA) is 114 Å². The van der Waals surface area contributed by atoms with Crippen LogP contribution < -0.4 is 0 Å². The second-order valence-electron chi connectivity index (χ2n) is 5.28. The molecule has 0 radical (unpaired) electrons. The Kier molecular flexibility index (Phi) is 8.33. The molecule has 9 heteroatoms. The Morgan fingerprint density at radius 2 is 1.69 bits per heavy atom. The monoisotopic (exact) mass is 370 g/mol. The molecule has 1 rings (SSSR count). The molecule has 0 saturated heterocycles. The van der Waals surface area contributed by atoms with E-state index in [1.807, 2.05) is 0 Å². The zero-order valence-corrected chi connectivity index (χ0v) is 15.1. The normalized spacial score (nSPS) is 22.0. The first-order valence-electron chi connectivity index (χ1n) is 7.92. The molecule has 0 fully saturated rings. The first-order chi connectivity index (χ1) is 12.2. The lowest BCUT2D eigenvalue weighted by Crippen LogP contribution is -2.49. The Morgan fingerprint density at radius 3 is 2.23 bits per heavy atom. The summed E-state index contributed by atoms with van der Waals surface area (Å²) in [5.41, 5.74) is 0.276. The minimum atomic E-state index is -1.07. The highest BCUT2D eigenvalue weighted by atomic mass is 16.6. The van der Waals surface area contributed by atoms with Gasteiger partial charge in [0.2, 0.25) is 0 Å². The Labute approximate surface area is 150 Å². The van der Waals surface area contributed by atoms with Crippen molar-refractivity contribution in [2.24, 2.45) is 0 Å². The van der Waals surface area contributed by atoms with Crippen molar-refractivity contribution in [3.63, 3.8) is 0 Å². The number of hydrogen-bond donors (Lipinski definition) is 0. The first kappa shape index (κ1) is 21.2. The molecule has 0 unspecified atom stereocenters. The van der Waals surface area contributed by atoms with Crippen LogP contribution in [0.25, 0.3) is 0 Å². The average molecular weight is 370 g/mol. The highest BCUT2D eigenvalue weighted by Crippen LogP contribution is 2.26. The van der Waals surface area contributed by atoms with E-state index >= 15 is 0 Å². The largest absolute Gasteiger partial charge is 0.490 e. The molecule has 0 aliphatic carbocycles. The SMILES string of the molecule is CCOC(=O)/C=C/C1=CO[C@H](COC(C)=O)[C@@H](OC(C)=O)[C@@H]1OC(C)=O. The van der Waals surface area contributed by atoms with Crippen molar-refractivity contribution < 1.29 is 42.9 Å². The van der Waals surface area contributed by atoms with Crippen LogP contribution in [-0.2, 0) is 42.9 Å². The predicted octanol–water partition coefficient (Wildman–Crippen LogP) is 0.815. The summed E-state index contributed by atoms with van der Waals surface area (Å²) in [5, 5.41) is 0. The van der Waals surface area contributed by atoms with Gasteiger partial charge in [-0.25, -0.2) is 4.79 Å². The van der Waals surface area contributed by atoms with Crippen LogP contribution in [0.5, 0.6) is 0 Å². The standard InChI is InChI=1S/C17H22O9/c1-5-22-15(21)7-6-13-8-24-14(9-23-10(2)18)17(26-12(4)20)16(13)25-11(3)19/h6-8,14,16-17H,5,9H2,1-4H3/b7-6+/t14-,16-,17-/m1/s1. The van der Waals surface area contributed by atoms with Crippen LogP contribution >= 0.6 is 0 Å². The van der Waals surface area contributed by atoms with Crippen LogP contribution in [0.4, 0.5) is 0 Å². The van der Waals surface area contributed by atoms with Gasteiger partial charge in [0.1, 0.15) is 6.61 Å². The van der Waals surface area contributed by atoms with E-state index in [0.29, 0.717) is 0 Å². The molecule has 1 heterocycles. The van der Waals surface area contributed by atoms with Crippen molar-refractivity contribution in [2.75, 3.05) is 13.2 Å². The van der Waals surface area contributed by atoms with Gasteiger partial charge in [-0.1, -0.05) is 0 Å². The van der Waals surface area contributed by atoms with E-state index in [2.05, 4.69) is 0 Å². The van der Waals surface area contributed by atoms with Gasteiger partial charge in [-0.15, -0.1) is 0 Å². The van der Waals surface area contributed by atoms with E-state index in [1.54, 1.807) is 6.92 Å². The van der Waals surface area contributed by atoms with E-state index in [4.69, 9.17) is 23.7 Å². The average Bonchev–Trinajstić information content (AvgIpc) is 2.53. The molecular formula is C17H22O9. The van der Waals surface area contributed by atoms with E-state index in [-0.39, 0.29) is 18.8 Å². The summed E-state index contributed by atoms with van der Waals surface area (Å²) >= 11 is 0. The number of hydrogen-bond acceptors (Lipinski definition) is 9. The third-order valence-corrected chi connectivity index (χ3v) is 3.12. The van der Waals surface area contributed by atoms with E-state index < -0.39 is 42.2 Å². The number of esters is 4. The second-order valence-corrected chi connectivity index (χ2v) is 5.28. The summed E-state index contributed by atoms with van der Waals surface area (Å²) in [6, 6.07) is 0. The molecule has 26 heavy (non-hydrogen) atoms. The number of carbonyl (C=O) groups is 4. The fourth-order valence-corrected chi connectivity index (χ4v) is 2.16. The minimum Gasteiger partial charge on any atom is -0.490 e. The molecule has 1 aliphatic heterocycles. The fourth-order valence-electron chi connectivity index (χ4n) is 2.16. The van der Waals surface area contributed by atoms with Gasteiger partial charge in [0.15, 0.2) is 18.3 Å². The van der Waals surface area contributed by atoms with Crippen molar-refractivity contribution in [1.29, 1.82) is 0 Å². The summed E-state index contributed by atoms with van der Waals surface area (Å²) in [4.78, 5) is 45.4. The van der Waals surface area contributed by atoms with Crippen molar-refractivity contribution in [3.05, 3.63) is 24.0 Å². The zero-order chi connectivity index (χ0) is 19.7. The molecule has 0 aromatic heterocycles. The van der Waals surface area contributed by atoms with Crippen molar-refractivity contribution >= 4 is 23.9 Å². The van der Waals surface area contributed by atoms with Gasteiger partial charge < -0.3 is 23.7 Å². The Hall–Kier alpha value is -2.84. The molecule has 0 saturated carbocycles. The summed E-state index contributed by atoms with van der Waals surface area (Å²) in [5.74, 6) is -2.41. The highest BCUT2D eigenvalue weighted by Gasteiger charge is 2.41. The van der Waals surface area contributed by atoms with Gasteiger partial charge in [-0.3, -0.25) is 14.4 Å². The summed E-state index contributed by atoms with van der Waals surface area (Å²) < 4.78 is 25.6. The highest BCUT2D eigenvalue weighted by molar-refractivity contribution is 5.82. The molecular weight excluding hydrogens is 348 g/mol. The minimum absolute atomic E-state index is 0.201. The predicted molar refractivity (Wildman–Crippen MR) is 86.5 cm³/mol. The van der Waals surface area contributed by atoms with Crippen LogP contribution in [0, 0.1) is 0 Å². The molecule has 0 amide bonds. The first-order valence-corrected chi connectivity index (χ1v) is 7.92. The van der Waals surface area contributed by atoms with Crippen LogP contribution in [0.15, 0.2) is 24.0 Å². The van der Waals surface area contributed by atoms with Gasteiger partial charge in [0, 0.05) is 32.4 Å². The molecule has 0 bridgehead atoms. The van der Waals surface area contributed by atoms with Gasteiger partial charge in [0.05, 0.1) is 12.9 Å². The van der Waals surface area contributed by atoms with Gasteiger partial charge in [0.25, 0.3) is 0 Å². The smallest absolute Gasteiger partial charge is 0.330 e. The Morgan fingerprint density at radius 1 is 1.04 bits per heavy atom. The molecule has 1 aliphatic rings. The van der Waals surface area contributed by atoms with Gasteiger partial charge >= 0.3 is 23.9 Å². The Balaban J connectivity index is 3.10. The summed E-state index contributed by atoms with van der Waals surface area (Å²) in [6.07, 6.45) is 0.722. The fraction of sp³-hybridized carbons (Fsp3) is 0.529. The quantitative estimate of drug-likeness (QED) is 0.365.